The van der Waals surface area contributed by atoms with Crippen LogP contribution in [0.3, 0.4) is 0 Å². The molecule has 0 bridgehead atoms. The molecule has 0 aliphatic carbocycles. The molecule has 2 unspecified atom stereocenters. The van der Waals surface area contributed by atoms with Crippen molar-refractivity contribution in [3.05, 3.63) is 46.5 Å². The molecule has 1 aliphatic heterocycles. The van der Waals surface area contributed by atoms with E-state index >= 15 is 0 Å². The molecule has 3 N–H and O–H groups in total. The maximum atomic E-state index is 13.1. The number of hydrogen-bond acceptors (Lipinski definition) is 6. The third-order valence-corrected chi connectivity index (χ3v) is 5.32. The van der Waals surface area contributed by atoms with Crippen molar-refractivity contribution in [1.82, 2.24) is 4.98 Å². The Morgan fingerprint density at radius 1 is 1.42 bits per heavy atom. The number of thiazole rings is 1. The van der Waals surface area contributed by atoms with Crippen molar-refractivity contribution in [2.45, 2.75) is 25.8 Å². The number of hydroxylamine groups is 3. The molecular weight excluding hydrogens is 354 g/mol. The molecule has 0 saturated carbocycles. The lowest BCUT2D eigenvalue weighted by Crippen LogP contribution is -2.51. The average Bonchev–Trinajstić information content (AvgIpc) is 2.96. The van der Waals surface area contributed by atoms with Crippen molar-refractivity contribution in [3.8, 4) is 0 Å². The summed E-state index contributed by atoms with van der Waals surface area (Å²) in [5, 5.41) is 11.6. The first kappa shape index (κ1) is 18.5. The van der Waals surface area contributed by atoms with Crippen molar-refractivity contribution in [1.29, 1.82) is 0 Å². The number of aromatic nitrogens is 1. The zero-order valence-electron chi connectivity index (χ0n) is 14.6. The SMILES string of the molecule is C[N+]1(OCCc2csc(N)n2)Cc2ccccc2CC(CC(=O)O)C1=O. The summed E-state index contributed by atoms with van der Waals surface area (Å²) in [6.07, 6.45) is 0.758. The highest BCUT2D eigenvalue weighted by atomic mass is 32.1. The van der Waals surface area contributed by atoms with Gasteiger partial charge in [0.05, 0.1) is 18.0 Å². The Hall–Kier alpha value is -2.29. The maximum absolute atomic E-state index is 13.1. The maximum Gasteiger partial charge on any atom is 0.349 e. The quantitative estimate of drug-likeness (QED) is 0.748. The van der Waals surface area contributed by atoms with Gasteiger partial charge in [-0.15, -0.1) is 16.0 Å². The number of carboxylic acids is 1. The molecule has 1 aromatic heterocycles. The van der Waals surface area contributed by atoms with Gasteiger partial charge in [-0.25, -0.2) is 9.78 Å². The molecular formula is C18H22N3O4S+. The van der Waals surface area contributed by atoms with Crippen molar-refractivity contribution in [2.24, 2.45) is 5.92 Å². The van der Waals surface area contributed by atoms with E-state index in [2.05, 4.69) is 4.98 Å². The molecule has 26 heavy (non-hydrogen) atoms. The Labute approximate surface area is 155 Å². The minimum Gasteiger partial charge on any atom is -0.481 e. The fourth-order valence-corrected chi connectivity index (χ4v) is 3.92. The Bertz CT molecular complexity index is 822. The lowest BCUT2D eigenvalue weighted by molar-refractivity contribution is -1.04. The van der Waals surface area contributed by atoms with Crippen LogP contribution in [-0.4, -0.2) is 40.3 Å². The van der Waals surface area contributed by atoms with Gasteiger partial charge in [0.1, 0.15) is 20.2 Å². The number of aliphatic carboxylic acids is 1. The smallest absolute Gasteiger partial charge is 0.349 e. The monoisotopic (exact) mass is 376 g/mol. The second kappa shape index (κ2) is 7.53. The van der Waals surface area contributed by atoms with Gasteiger partial charge in [0.15, 0.2) is 5.13 Å². The highest BCUT2D eigenvalue weighted by Crippen LogP contribution is 2.29. The first-order valence-electron chi connectivity index (χ1n) is 8.40. The molecule has 1 aromatic carbocycles. The fraction of sp³-hybridized carbons (Fsp3) is 0.389. The Morgan fingerprint density at radius 2 is 2.15 bits per heavy atom. The predicted molar refractivity (Wildman–Crippen MR) is 97.0 cm³/mol. The van der Waals surface area contributed by atoms with Gasteiger partial charge in [-0.3, -0.25) is 4.79 Å². The van der Waals surface area contributed by atoms with Crippen LogP contribution in [0.25, 0.3) is 0 Å². The molecule has 0 spiro atoms. The molecule has 0 fully saturated rings. The number of fused-ring (bicyclic) bond motifs is 1. The van der Waals surface area contributed by atoms with Crippen LogP contribution in [0.2, 0.25) is 0 Å². The third-order valence-electron chi connectivity index (χ3n) is 4.60. The number of carbonyl (C=O) groups is 2. The second-order valence-electron chi connectivity index (χ2n) is 6.63. The highest BCUT2D eigenvalue weighted by Gasteiger charge is 2.44. The van der Waals surface area contributed by atoms with E-state index in [1.54, 1.807) is 7.05 Å². The van der Waals surface area contributed by atoms with Gasteiger partial charge in [-0.05, 0) is 12.0 Å². The van der Waals surface area contributed by atoms with Crippen molar-refractivity contribution in [2.75, 3.05) is 19.4 Å². The molecule has 1 amide bonds. The average molecular weight is 376 g/mol. The minimum absolute atomic E-state index is 0.201. The Kier molecular flexibility index (Phi) is 5.36. The zero-order chi connectivity index (χ0) is 18.7. The molecule has 0 saturated heterocycles. The molecule has 0 radical (unpaired) electrons. The van der Waals surface area contributed by atoms with Crippen LogP contribution in [-0.2, 0) is 33.8 Å². The van der Waals surface area contributed by atoms with Crippen LogP contribution in [0.5, 0.6) is 0 Å². The van der Waals surface area contributed by atoms with Crippen LogP contribution in [0, 0.1) is 5.92 Å². The summed E-state index contributed by atoms with van der Waals surface area (Å²) in [7, 11) is 1.70. The number of amides is 1. The topological polar surface area (TPSA) is 103 Å². The summed E-state index contributed by atoms with van der Waals surface area (Å²) >= 11 is 1.37. The van der Waals surface area contributed by atoms with Gasteiger partial charge in [-0.2, -0.15) is 4.84 Å². The number of anilines is 1. The summed E-state index contributed by atoms with van der Waals surface area (Å²) in [6, 6.07) is 7.74. The molecule has 1 aliphatic rings. The Morgan fingerprint density at radius 3 is 2.81 bits per heavy atom. The molecule has 2 aromatic rings. The van der Waals surface area contributed by atoms with E-state index in [9.17, 15) is 14.7 Å². The highest BCUT2D eigenvalue weighted by molar-refractivity contribution is 7.13. The van der Waals surface area contributed by atoms with E-state index in [1.807, 2.05) is 29.6 Å². The van der Waals surface area contributed by atoms with E-state index in [-0.39, 0.29) is 17.0 Å². The molecule has 3 rings (SSSR count). The van der Waals surface area contributed by atoms with E-state index < -0.39 is 11.9 Å². The summed E-state index contributed by atoms with van der Waals surface area (Å²) in [6.45, 7) is 0.678. The lowest BCUT2D eigenvalue weighted by atomic mass is 9.94. The van der Waals surface area contributed by atoms with E-state index in [0.717, 1.165) is 16.8 Å². The van der Waals surface area contributed by atoms with Gasteiger partial charge >= 0.3 is 11.9 Å². The minimum atomic E-state index is -0.979. The summed E-state index contributed by atoms with van der Waals surface area (Å²) < 4.78 is -0.269. The zero-order valence-corrected chi connectivity index (χ0v) is 15.4. The number of nitrogen functional groups attached to an aromatic ring is 1. The summed E-state index contributed by atoms with van der Waals surface area (Å²) in [5.74, 6) is -1.80. The largest absolute Gasteiger partial charge is 0.481 e. The number of hydrogen-bond donors (Lipinski definition) is 2. The number of carboxylic acid groups (broad SMARTS) is 1. The van der Waals surface area contributed by atoms with E-state index in [1.165, 1.54) is 11.3 Å². The van der Waals surface area contributed by atoms with Gasteiger partial charge in [0.2, 0.25) is 0 Å². The molecule has 2 atom stereocenters. The van der Waals surface area contributed by atoms with Crippen LogP contribution in [0.1, 0.15) is 23.2 Å². The van der Waals surface area contributed by atoms with Gasteiger partial charge < -0.3 is 10.8 Å². The normalized spacial score (nSPS) is 22.7. The number of carbonyl (C=O) groups excluding carboxylic acids is 1. The summed E-state index contributed by atoms with van der Waals surface area (Å²) in [5.41, 5.74) is 8.47. The second-order valence-corrected chi connectivity index (χ2v) is 7.51. The number of rotatable bonds is 6. The number of quaternary nitrogens is 1. The third kappa shape index (κ3) is 4.09. The number of nitrogens with zero attached hydrogens (tertiary/aromatic N) is 2. The first-order chi connectivity index (χ1) is 12.4. The number of nitrogens with two attached hydrogens (primary N) is 1. The van der Waals surface area contributed by atoms with Crippen LogP contribution in [0.15, 0.2) is 29.6 Å². The van der Waals surface area contributed by atoms with Crippen LogP contribution in [0.4, 0.5) is 5.13 Å². The van der Waals surface area contributed by atoms with Crippen LogP contribution >= 0.6 is 11.3 Å². The summed E-state index contributed by atoms with van der Waals surface area (Å²) in [4.78, 5) is 34.5. The Balaban J connectivity index is 1.80. The predicted octanol–water partition coefficient (Wildman–Crippen LogP) is 2.02. The van der Waals surface area contributed by atoms with Crippen molar-refractivity contribution in [3.63, 3.8) is 0 Å². The van der Waals surface area contributed by atoms with E-state index in [4.69, 9.17) is 10.6 Å². The van der Waals surface area contributed by atoms with Gasteiger partial charge in [0, 0.05) is 17.4 Å². The molecule has 2 heterocycles. The van der Waals surface area contributed by atoms with Gasteiger partial charge in [-0.1, -0.05) is 24.3 Å². The molecule has 8 heteroatoms. The van der Waals surface area contributed by atoms with Crippen molar-refractivity contribution >= 4 is 28.3 Å². The van der Waals surface area contributed by atoms with Crippen molar-refractivity contribution < 1.29 is 24.2 Å². The lowest BCUT2D eigenvalue weighted by Gasteiger charge is -2.29. The first-order valence-corrected chi connectivity index (χ1v) is 9.28. The molecule has 7 nitrogen and oxygen atoms in total. The van der Waals surface area contributed by atoms with Gasteiger partial charge in [0.25, 0.3) is 0 Å². The molecule has 138 valence electrons. The number of benzene rings is 1. The van der Waals surface area contributed by atoms with E-state index in [0.29, 0.717) is 31.1 Å². The van der Waals surface area contributed by atoms with Crippen LogP contribution < -0.4 is 5.73 Å². The standard InChI is InChI=1S/C18H21N3O4S/c1-21(25-7-6-15-11-26-18(19)20-15)10-13-5-3-2-4-12(13)8-14(17(21)24)9-16(22)23/h2-5,11,14H,6-10H2,1H3,(H2-,19,20,22,23)/p+1. The fourth-order valence-electron chi connectivity index (χ4n) is 3.32.